The fourth-order valence-electron chi connectivity index (χ4n) is 4.33. The SMILES string of the molecule is CCOc1ccc(C(=O)NCc2c(-c3cc(F)ccc3F)ccnc2C2CCC(F)(F)CC2)cn1. The molecule has 9 heteroatoms. The third-order valence-electron chi connectivity index (χ3n) is 6.13. The van der Waals surface area contributed by atoms with E-state index in [9.17, 15) is 22.4 Å². The lowest BCUT2D eigenvalue weighted by Crippen LogP contribution is -2.27. The molecule has 4 rings (SSSR count). The molecule has 1 aromatic carbocycles. The molecule has 0 radical (unpaired) electrons. The molecule has 1 N–H and O–H groups in total. The van der Waals surface area contributed by atoms with Gasteiger partial charge in [0.05, 0.1) is 12.2 Å². The monoisotopic (exact) mass is 487 g/mol. The van der Waals surface area contributed by atoms with Crippen molar-refractivity contribution in [3.63, 3.8) is 0 Å². The molecular weight excluding hydrogens is 462 g/mol. The van der Waals surface area contributed by atoms with E-state index in [4.69, 9.17) is 4.74 Å². The Kier molecular flexibility index (Phi) is 7.33. The summed E-state index contributed by atoms with van der Waals surface area (Å²) >= 11 is 0. The normalized spacial score (nSPS) is 15.6. The zero-order valence-corrected chi connectivity index (χ0v) is 19.2. The minimum Gasteiger partial charge on any atom is -0.478 e. The summed E-state index contributed by atoms with van der Waals surface area (Å²) in [6, 6.07) is 7.80. The van der Waals surface area contributed by atoms with Crippen LogP contribution in [0.1, 0.15) is 60.1 Å². The van der Waals surface area contributed by atoms with Crippen LogP contribution in [-0.4, -0.2) is 28.4 Å². The second kappa shape index (κ2) is 10.4. The van der Waals surface area contributed by atoms with Gasteiger partial charge in [0.2, 0.25) is 11.8 Å². The number of carbonyl (C=O) groups excluding carboxylic acids is 1. The fraction of sp³-hybridized carbons (Fsp3) is 0.346. The molecule has 35 heavy (non-hydrogen) atoms. The van der Waals surface area contributed by atoms with Gasteiger partial charge in [0.1, 0.15) is 11.6 Å². The highest BCUT2D eigenvalue weighted by atomic mass is 19.3. The van der Waals surface area contributed by atoms with Crippen LogP contribution in [0.15, 0.2) is 48.8 Å². The van der Waals surface area contributed by atoms with Crippen LogP contribution >= 0.6 is 0 Å². The molecule has 0 aliphatic heterocycles. The summed E-state index contributed by atoms with van der Waals surface area (Å²) in [5.41, 5.74) is 1.64. The van der Waals surface area contributed by atoms with Gasteiger partial charge in [-0.3, -0.25) is 9.78 Å². The quantitative estimate of drug-likeness (QED) is 0.413. The van der Waals surface area contributed by atoms with Crippen LogP contribution in [0, 0.1) is 11.6 Å². The maximum absolute atomic E-state index is 14.7. The van der Waals surface area contributed by atoms with Crippen molar-refractivity contribution in [2.45, 2.75) is 51.0 Å². The first kappa shape index (κ1) is 24.6. The van der Waals surface area contributed by atoms with Crippen LogP contribution in [0.2, 0.25) is 0 Å². The van der Waals surface area contributed by atoms with Crippen molar-refractivity contribution in [2.75, 3.05) is 6.61 Å². The second-order valence-corrected chi connectivity index (χ2v) is 8.48. The minimum atomic E-state index is -2.72. The van der Waals surface area contributed by atoms with E-state index in [2.05, 4.69) is 15.3 Å². The maximum Gasteiger partial charge on any atom is 0.253 e. The van der Waals surface area contributed by atoms with Crippen LogP contribution in [0.25, 0.3) is 11.1 Å². The number of amides is 1. The number of rotatable bonds is 7. The van der Waals surface area contributed by atoms with E-state index in [0.717, 1.165) is 18.2 Å². The van der Waals surface area contributed by atoms with Crippen molar-refractivity contribution in [3.8, 4) is 17.0 Å². The van der Waals surface area contributed by atoms with Crippen LogP contribution < -0.4 is 10.1 Å². The zero-order chi connectivity index (χ0) is 25.0. The molecule has 184 valence electrons. The van der Waals surface area contributed by atoms with Crippen LogP contribution in [-0.2, 0) is 6.54 Å². The number of hydrogen-bond donors (Lipinski definition) is 1. The summed E-state index contributed by atoms with van der Waals surface area (Å²) in [6.45, 7) is 2.21. The van der Waals surface area contributed by atoms with E-state index in [1.54, 1.807) is 18.2 Å². The summed E-state index contributed by atoms with van der Waals surface area (Å²) in [7, 11) is 0. The zero-order valence-electron chi connectivity index (χ0n) is 19.2. The van der Waals surface area contributed by atoms with E-state index in [-0.39, 0.29) is 49.3 Å². The molecule has 1 amide bonds. The predicted octanol–water partition coefficient (Wildman–Crippen LogP) is 6.04. The Labute approximate surface area is 200 Å². The number of aromatic nitrogens is 2. The fourth-order valence-corrected chi connectivity index (χ4v) is 4.33. The molecule has 0 bridgehead atoms. The molecule has 0 atom stereocenters. The van der Waals surface area contributed by atoms with Crippen LogP contribution in [0.4, 0.5) is 17.6 Å². The Hall–Kier alpha value is -3.49. The highest BCUT2D eigenvalue weighted by Crippen LogP contribution is 2.42. The van der Waals surface area contributed by atoms with Crippen molar-refractivity contribution in [3.05, 3.63) is 77.2 Å². The van der Waals surface area contributed by atoms with Crippen molar-refractivity contribution >= 4 is 5.91 Å². The molecular formula is C26H25F4N3O2. The largest absolute Gasteiger partial charge is 0.478 e. The second-order valence-electron chi connectivity index (χ2n) is 8.48. The van der Waals surface area contributed by atoms with Gasteiger partial charge in [-0.1, -0.05) is 0 Å². The van der Waals surface area contributed by atoms with Gasteiger partial charge in [-0.2, -0.15) is 0 Å². The minimum absolute atomic E-state index is 0.0155. The molecule has 1 aliphatic carbocycles. The number of nitrogens with one attached hydrogen (secondary N) is 1. The summed E-state index contributed by atoms with van der Waals surface area (Å²) in [5, 5.41) is 2.78. The molecule has 1 saturated carbocycles. The number of pyridine rings is 2. The highest BCUT2D eigenvalue weighted by Gasteiger charge is 2.37. The van der Waals surface area contributed by atoms with Gasteiger partial charge in [0.15, 0.2) is 0 Å². The van der Waals surface area contributed by atoms with E-state index in [0.29, 0.717) is 29.3 Å². The lowest BCUT2D eigenvalue weighted by Gasteiger charge is -2.29. The van der Waals surface area contributed by atoms with E-state index < -0.39 is 23.5 Å². The lowest BCUT2D eigenvalue weighted by molar-refractivity contribution is -0.0385. The topological polar surface area (TPSA) is 64.1 Å². The number of carbonyl (C=O) groups is 1. The summed E-state index contributed by atoms with van der Waals surface area (Å²) in [5.74, 6) is -4.31. The third-order valence-corrected chi connectivity index (χ3v) is 6.13. The number of halogens is 4. The standard InChI is InChI=1S/C26H25F4N3O2/c1-2-35-23-6-3-17(14-32-23)25(34)33-15-21-19(20-13-18(27)4-5-22(20)28)9-12-31-24(21)16-7-10-26(29,30)11-8-16/h3-6,9,12-14,16H,2,7-8,10-11,15H2,1H3,(H,33,34). The first-order valence-corrected chi connectivity index (χ1v) is 11.5. The van der Waals surface area contributed by atoms with Gasteiger partial charge in [0, 0.05) is 60.6 Å². The highest BCUT2D eigenvalue weighted by molar-refractivity contribution is 5.94. The van der Waals surface area contributed by atoms with Crippen LogP contribution in [0.5, 0.6) is 5.88 Å². The molecule has 0 saturated heterocycles. The van der Waals surface area contributed by atoms with Gasteiger partial charge in [-0.05, 0) is 55.7 Å². The predicted molar refractivity (Wildman–Crippen MR) is 122 cm³/mol. The van der Waals surface area contributed by atoms with E-state index in [1.165, 1.54) is 12.4 Å². The van der Waals surface area contributed by atoms with Gasteiger partial charge in [0.25, 0.3) is 5.91 Å². The number of benzene rings is 1. The van der Waals surface area contributed by atoms with Gasteiger partial charge < -0.3 is 10.1 Å². The average Bonchev–Trinajstić information content (AvgIpc) is 2.84. The molecule has 1 fully saturated rings. The smallest absolute Gasteiger partial charge is 0.253 e. The molecule has 2 heterocycles. The molecule has 5 nitrogen and oxygen atoms in total. The first-order valence-electron chi connectivity index (χ1n) is 11.5. The molecule has 0 unspecified atom stereocenters. The Morgan fingerprint density at radius 2 is 1.86 bits per heavy atom. The maximum atomic E-state index is 14.7. The number of alkyl halides is 2. The first-order chi connectivity index (χ1) is 16.8. The molecule has 3 aromatic rings. The van der Waals surface area contributed by atoms with Crippen molar-refractivity contribution in [2.24, 2.45) is 0 Å². The van der Waals surface area contributed by atoms with Crippen molar-refractivity contribution in [1.29, 1.82) is 0 Å². The Morgan fingerprint density at radius 1 is 1.09 bits per heavy atom. The van der Waals surface area contributed by atoms with E-state index >= 15 is 0 Å². The van der Waals surface area contributed by atoms with Crippen molar-refractivity contribution < 1.29 is 27.1 Å². The summed E-state index contributed by atoms with van der Waals surface area (Å²) in [4.78, 5) is 21.3. The van der Waals surface area contributed by atoms with E-state index in [1.807, 2.05) is 6.92 Å². The number of nitrogens with zero attached hydrogens (tertiary/aromatic N) is 2. The average molecular weight is 487 g/mol. The number of ether oxygens (including phenoxy) is 1. The van der Waals surface area contributed by atoms with Gasteiger partial charge >= 0.3 is 0 Å². The summed E-state index contributed by atoms with van der Waals surface area (Å²) < 4.78 is 61.5. The molecule has 2 aromatic heterocycles. The molecule has 0 spiro atoms. The number of hydrogen-bond acceptors (Lipinski definition) is 4. The lowest BCUT2D eigenvalue weighted by atomic mass is 9.81. The van der Waals surface area contributed by atoms with Crippen molar-refractivity contribution in [1.82, 2.24) is 15.3 Å². The summed E-state index contributed by atoms with van der Waals surface area (Å²) in [6.07, 6.45) is 2.70. The van der Waals surface area contributed by atoms with Gasteiger partial charge in [-0.25, -0.2) is 22.5 Å². The van der Waals surface area contributed by atoms with Crippen LogP contribution in [0.3, 0.4) is 0 Å². The Morgan fingerprint density at radius 3 is 2.54 bits per heavy atom. The molecule has 1 aliphatic rings. The third kappa shape index (κ3) is 5.78. The Balaban J connectivity index is 1.66. The van der Waals surface area contributed by atoms with Gasteiger partial charge in [-0.15, -0.1) is 0 Å². The Bertz CT molecular complexity index is 1190.